The van der Waals surface area contributed by atoms with Crippen molar-refractivity contribution in [3.05, 3.63) is 54.0 Å². The zero-order chi connectivity index (χ0) is 38.1. The van der Waals surface area contributed by atoms with E-state index in [2.05, 4.69) is 4.98 Å². The first kappa shape index (κ1) is 21.2. The number of aromatic nitrogens is 1. The summed E-state index contributed by atoms with van der Waals surface area (Å²) in [5, 5.41) is 22.4. The molecule has 0 radical (unpaired) electrons. The number of hydrogen-bond donors (Lipinski definition) is 2. The van der Waals surface area contributed by atoms with Crippen LogP contribution in [0.5, 0.6) is 0 Å². The maximum atomic E-state index is 14.3. The third-order valence-electron chi connectivity index (χ3n) is 5.17. The van der Waals surface area contributed by atoms with Gasteiger partial charge < -0.3 is 10.2 Å². The summed E-state index contributed by atoms with van der Waals surface area (Å²) in [6, 6.07) is -1.67. The van der Waals surface area contributed by atoms with Gasteiger partial charge in [-0.25, -0.2) is 26.6 Å². The lowest BCUT2D eigenvalue weighted by Crippen LogP contribution is -2.58. The molecular weight excluding hydrogens is 575 g/mol. The second-order valence-electron chi connectivity index (χ2n) is 10.2. The molecule has 40 heavy (non-hydrogen) atoms. The SMILES string of the molecule is [2H]c1ccc(C([2H])([2H])[C@]([2H])(N(C(=O)O)C(C)(C)C)[C@]([2H])(O)C([2H])([2H])N(CC(C)C)S(=O)(=O)c2ccc3nc(S(C)(=O)=O)sc3c2)c([2H])c1[2H]. The third-order valence-corrected chi connectivity index (χ3v) is 9.54. The summed E-state index contributed by atoms with van der Waals surface area (Å²) in [5.41, 5.74) is -2.74. The molecule has 0 fully saturated rings. The van der Waals surface area contributed by atoms with E-state index in [9.17, 15) is 33.2 Å². The molecule has 0 aliphatic heterocycles. The number of sulfonamides is 1. The van der Waals surface area contributed by atoms with Gasteiger partial charge in [0.15, 0.2) is 0 Å². The van der Waals surface area contributed by atoms with Crippen LogP contribution in [0.25, 0.3) is 10.2 Å². The normalized spacial score (nSPS) is 20.1. The van der Waals surface area contributed by atoms with Crippen LogP contribution in [-0.2, 0) is 26.2 Å². The number of hydrogen-bond acceptors (Lipinski definition) is 8. The van der Waals surface area contributed by atoms with Gasteiger partial charge in [0.25, 0.3) is 0 Å². The largest absolute Gasteiger partial charge is 0.465 e. The van der Waals surface area contributed by atoms with Gasteiger partial charge in [-0.05, 0) is 56.8 Å². The van der Waals surface area contributed by atoms with Gasteiger partial charge in [0.05, 0.1) is 34.1 Å². The molecule has 0 aliphatic rings. The van der Waals surface area contributed by atoms with Crippen molar-refractivity contribution in [2.45, 2.75) is 67.9 Å². The maximum absolute atomic E-state index is 14.3. The molecular formula is C27H37N3O7S3. The maximum Gasteiger partial charge on any atom is 0.408 e. The molecule has 13 heteroatoms. The molecule has 0 aliphatic carbocycles. The van der Waals surface area contributed by atoms with Crippen LogP contribution in [0.4, 0.5) is 4.79 Å². The van der Waals surface area contributed by atoms with E-state index in [0.717, 1.165) is 57.4 Å². The molecule has 0 saturated carbocycles. The number of amides is 1. The highest BCUT2D eigenvalue weighted by atomic mass is 32.2. The summed E-state index contributed by atoms with van der Waals surface area (Å²) in [6.07, 6.45) is -9.32. The second-order valence-corrected chi connectivity index (χ2v) is 15.3. The lowest BCUT2D eigenvalue weighted by atomic mass is 9.94. The Hall–Kier alpha value is -2.58. The molecule has 1 amide bonds. The Morgan fingerprint density at radius 2 is 1.88 bits per heavy atom. The minimum absolute atomic E-state index is 0.0177. The molecule has 0 bridgehead atoms. The van der Waals surface area contributed by atoms with Crippen LogP contribution in [0.2, 0.25) is 0 Å². The van der Waals surface area contributed by atoms with E-state index >= 15 is 0 Å². The molecule has 0 spiro atoms. The number of benzene rings is 2. The molecule has 2 aromatic carbocycles. The molecule has 0 saturated heterocycles. The second kappa shape index (κ2) is 12.1. The van der Waals surface area contributed by atoms with Crippen molar-refractivity contribution in [1.29, 1.82) is 0 Å². The van der Waals surface area contributed by atoms with Crippen LogP contribution in [0.3, 0.4) is 0 Å². The number of nitrogens with zero attached hydrogens (tertiary/aromatic N) is 3. The lowest BCUT2D eigenvalue weighted by Gasteiger charge is -2.42. The van der Waals surface area contributed by atoms with E-state index in [1.165, 1.54) is 13.8 Å². The topological polar surface area (TPSA) is 145 Å². The summed E-state index contributed by atoms with van der Waals surface area (Å²) < 4.78 is 131. The average molecular weight is 621 g/mol. The van der Waals surface area contributed by atoms with Crippen LogP contribution in [-0.4, -0.2) is 84.3 Å². The minimum atomic E-state index is -5.18. The number of aliphatic hydroxyl groups is 1. The fourth-order valence-corrected chi connectivity index (χ4v) is 6.90. The fraction of sp³-hybridized carbons (Fsp3) is 0.481. The van der Waals surface area contributed by atoms with Crippen molar-refractivity contribution in [3.8, 4) is 0 Å². The molecule has 1 aromatic heterocycles. The standard InChI is InChI=1S/C27H37N3O7S3/c1-18(2)16-29(40(36,37)20-12-13-21-24(15-20)38-25(28-21)39(6,34)35)17-23(31)22(14-19-10-8-7-9-11-19)30(26(32)33)27(3,4)5/h7-13,15,18,22-23,31H,14,16-17H2,1-6H3,(H,32,33)/t22-,23+/m0/s1/i7D,8D,10D,14D2,17D2,22D,23D. The Kier molecular flexibility index (Phi) is 6.41. The van der Waals surface area contributed by atoms with Gasteiger partial charge in [-0.15, -0.1) is 11.3 Å². The first-order valence-electron chi connectivity index (χ1n) is 16.3. The monoisotopic (exact) mass is 620 g/mol. The zero-order valence-electron chi connectivity index (χ0n) is 31.7. The van der Waals surface area contributed by atoms with Crippen molar-refractivity contribution in [1.82, 2.24) is 14.2 Å². The zero-order valence-corrected chi connectivity index (χ0v) is 25.1. The molecule has 220 valence electrons. The summed E-state index contributed by atoms with van der Waals surface area (Å²) >= 11 is 0.632. The summed E-state index contributed by atoms with van der Waals surface area (Å²) in [4.78, 5) is 16.1. The molecule has 0 unspecified atom stereocenters. The van der Waals surface area contributed by atoms with Gasteiger partial charge in [0, 0.05) is 30.3 Å². The van der Waals surface area contributed by atoms with E-state index in [1.54, 1.807) is 0 Å². The molecule has 3 rings (SSSR count). The van der Waals surface area contributed by atoms with Gasteiger partial charge in [-0.3, -0.25) is 4.90 Å². The van der Waals surface area contributed by atoms with Crippen molar-refractivity contribution in [2.75, 3.05) is 19.3 Å². The molecule has 3 aromatic rings. The van der Waals surface area contributed by atoms with E-state index < -0.39 is 97.5 Å². The Morgan fingerprint density at radius 1 is 1.20 bits per heavy atom. The number of fused-ring (bicyclic) bond motifs is 1. The molecule has 2 N–H and O–H groups in total. The Bertz CT molecular complexity index is 2000. The molecule has 2 atom stereocenters. The van der Waals surface area contributed by atoms with Crippen LogP contribution < -0.4 is 0 Å². The van der Waals surface area contributed by atoms with Crippen LogP contribution in [0.15, 0.2) is 57.7 Å². The third kappa shape index (κ3) is 7.58. The van der Waals surface area contributed by atoms with Gasteiger partial charge >= 0.3 is 6.09 Å². The molecule has 1 heterocycles. The van der Waals surface area contributed by atoms with Crippen LogP contribution in [0, 0.1) is 5.92 Å². The van der Waals surface area contributed by atoms with Gasteiger partial charge in [-0.1, -0.05) is 44.1 Å². The number of thiazole rings is 1. The van der Waals surface area contributed by atoms with E-state index in [1.807, 2.05) is 0 Å². The average Bonchev–Trinajstić information content (AvgIpc) is 3.37. The predicted molar refractivity (Wildman–Crippen MR) is 156 cm³/mol. The van der Waals surface area contributed by atoms with E-state index in [-0.39, 0.29) is 23.8 Å². The van der Waals surface area contributed by atoms with Crippen molar-refractivity contribution in [2.24, 2.45) is 5.92 Å². The fourth-order valence-electron chi connectivity index (χ4n) is 3.49. The highest BCUT2D eigenvalue weighted by Gasteiger charge is 2.39. The van der Waals surface area contributed by atoms with Crippen LogP contribution in [0.1, 0.15) is 52.5 Å². The smallest absolute Gasteiger partial charge is 0.408 e. The van der Waals surface area contributed by atoms with Crippen molar-refractivity contribution in [3.63, 3.8) is 0 Å². The van der Waals surface area contributed by atoms with Gasteiger partial charge in [-0.2, -0.15) is 4.31 Å². The lowest BCUT2D eigenvalue weighted by molar-refractivity contribution is 0.000540. The Morgan fingerprint density at radius 3 is 2.45 bits per heavy atom. The van der Waals surface area contributed by atoms with Crippen LogP contribution >= 0.6 is 11.3 Å². The van der Waals surface area contributed by atoms with Crippen molar-refractivity contribution < 1.29 is 44.2 Å². The highest BCUT2D eigenvalue weighted by molar-refractivity contribution is 7.92. The highest BCUT2D eigenvalue weighted by Crippen LogP contribution is 2.30. The van der Waals surface area contributed by atoms with Gasteiger partial charge in [0.1, 0.15) is 0 Å². The minimum Gasteiger partial charge on any atom is -0.465 e. The molecule has 10 nitrogen and oxygen atoms in total. The summed E-state index contributed by atoms with van der Waals surface area (Å²) in [7, 11) is -8.97. The number of carboxylic acid groups (broad SMARTS) is 1. The quantitative estimate of drug-likeness (QED) is 0.326. The van der Waals surface area contributed by atoms with E-state index in [4.69, 9.17) is 11.0 Å². The van der Waals surface area contributed by atoms with Crippen molar-refractivity contribution >= 4 is 47.5 Å². The Balaban J connectivity index is 2.43. The van der Waals surface area contributed by atoms with Gasteiger partial charge in [0.2, 0.25) is 24.2 Å². The number of carbonyl (C=O) groups is 1. The summed E-state index contributed by atoms with van der Waals surface area (Å²) in [5.74, 6) is -0.741. The number of sulfone groups is 1. The predicted octanol–water partition coefficient (Wildman–Crippen LogP) is 4.10. The van der Waals surface area contributed by atoms with E-state index in [0.29, 0.717) is 11.3 Å². The Labute approximate surface area is 252 Å². The summed E-state index contributed by atoms with van der Waals surface area (Å²) in [6.45, 7) is 1.58. The first-order valence-corrected chi connectivity index (χ1v) is 16.0. The number of rotatable bonds is 11. The first-order chi connectivity index (χ1) is 21.9.